The Hall–Kier alpha value is -1.82. The summed E-state index contributed by atoms with van der Waals surface area (Å²) < 4.78 is 0. The maximum atomic E-state index is 8.75. The summed E-state index contributed by atoms with van der Waals surface area (Å²) >= 11 is 0. The molecule has 3 heteroatoms. The van der Waals surface area contributed by atoms with Gasteiger partial charge in [-0.1, -0.05) is 6.07 Å². The standard InChI is InChI=1S/C9H7N3/c10-6-7-2-1-3-8-9(7)12-5-4-11-8/h1-4,12H,5H2. The molecule has 0 bridgehead atoms. The SMILES string of the molecule is N#Cc1cccc2c1NCC=N2. The van der Waals surface area contributed by atoms with Crippen LogP contribution >= 0.6 is 0 Å². The second kappa shape index (κ2) is 2.67. The number of aliphatic imine (C=N–C) groups is 1. The van der Waals surface area contributed by atoms with Crippen LogP contribution in [0.1, 0.15) is 5.56 Å². The lowest BCUT2D eigenvalue weighted by molar-refractivity contribution is 1.32. The second-order valence-corrected chi connectivity index (χ2v) is 2.50. The van der Waals surface area contributed by atoms with Gasteiger partial charge in [-0.05, 0) is 12.1 Å². The van der Waals surface area contributed by atoms with Crippen molar-refractivity contribution in [3.63, 3.8) is 0 Å². The number of nitriles is 1. The number of fused-ring (bicyclic) bond motifs is 1. The van der Waals surface area contributed by atoms with Crippen LogP contribution in [-0.4, -0.2) is 12.8 Å². The van der Waals surface area contributed by atoms with Crippen LogP contribution in [-0.2, 0) is 0 Å². The molecule has 2 rings (SSSR count). The van der Waals surface area contributed by atoms with E-state index in [0.717, 1.165) is 11.4 Å². The number of para-hydroxylation sites is 1. The van der Waals surface area contributed by atoms with Crippen LogP contribution < -0.4 is 5.32 Å². The van der Waals surface area contributed by atoms with E-state index >= 15 is 0 Å². The predicted octanol–water partition coefficient (Wildman–Crippen LogP) is 1.69. The van der Waals surface area contributed by atoms with Crippen LogP contribution in [0.2, 0.25) is 0 Å². The summed E-state index contributed by atoms with van der Waals surface area (Å²) in [6, 6.07) is 7.63. The van der Waals surface area contributed by atoms with Gasteiger partial charge in [0.1, 0.15) is 6.07 Å². The molecule has 0 radical (unpaired) electrons. The van der Waals surface area contributed by atoms with Crippen LogP contribution in [0, 0.1) is 11.3 Å². The van der Waals surface area contributed by atoms with Gasteiger partial charge in [-0.25, -0.2) is 0 Å². The number of nitrogens with one attached hydrogen (secondary N) is 1. The second-order valence-electron chi connectivity index (χ2n) is 2.50. The highest BCUT2D eigenvalue weighted by Crippen LogP contribution is 2.29. The minimum Gasteiger partial charge on any atom is -0.377 e. The maximum absolute atomic E-state index is 8.75. The van der Waals surface area contributed by atoms with Crippen molar-refractivity contribution in [2.45, 2.75) is 0 Å². The van der Waals surface area contributed by atoms with Crippen molar-refractivity contribution in [2.75, 3.05) is 11.9 Å². The molecule has 0 unspecified atom stereocenters. The Balaban J connectivity index is 2.63. The summed E-state index contributed by atoms with van der Waals surface area (Å²) in [4.78, 5) is 4.16. The van der Waals surface area contributed by atoms with E-state index in [1.165, 1.54) is 0 Å². The lowest BCUT2D eigenvalue weighted by Crippen LogP contribution is -2.07. The molecule has 0 saturated heterocycles. The Morgan fingerprint density at radius 2 is 2.42 bits per heavy atom. The molecule has 1 aliphatic heterocycles. The zero-order valence-electron chi connectivity index (χ0n) is 6.41. The normalized spacial score (nSPS) is 12.9. The average Bonchev–Trinajstić information content (AvgIpc) is 2.17. The number of anilines is 1. The monoisotopic (exact) mass is 157 g/mol. The van der Waals surface area contributed by atoms with E-state index in [-0.39, 0.29) is 0 Å². The topological polar surface area (TPSA) is 48.2 Å². The van der Waals surface area contributed by atoms with E-state index in [0.29, 0.717) is 12.1 Å². The maximum Gasteiger partial charge on any atom is 0.101 e. The first-order valence-electron chi connectivity index (χ1n) is 3.71. The van der Waals surface area contributed by atoms with Crippen molar-refractivity contribution in [1.82, 2.24) is 0 Å². The highest BCUT2D eigenvalue weighted by atomic mass is 15.0. The Morgan fingerprint density at radius 3 is 3.25 bits per heavy atom. The van der Waals surface area contributed by atoms with E-state index in [4.69, 9.17) is 5.26 Å². The number of nitrogens with zero attached hydrogens (tertiary/aromatic N) is 2. The van der Waals surface area contributed by atoms with E-state index in [9.17, 15) is 0 Å². The molecule has 0 aromatic heterocycles. The third-order valence-electron chi connectivity index (χ3n) is 1.76. The van der Waals surface area contributed by atoms with Crippen LogP contribution in [0.4, 0.5) is 11.4 Å². The molecule has 3 nitrogen and oxygen atoms in total. The van der Waals surface area contributed by atoms with Gasteiger partial charge in [0, 0.05) is 6.21 Å². The summed E-state index contributed by atoms with van der Waals surface area (Å²) in [6.07, 6.45) is 1.80. The number of hydrogen-bond acceptors (Lipinski definition) is 3. The predicted molar refractivity (Wildman–Crippen MR) is 47.8 cm³/mol. The Morgan fingerprint density at radius 1 is 1.50 bits per heavy atom. The first kappa shape index (κ1) is 6.86. The highest BCUT2D eigenvalue weighted by Gasteiger charge is 2.08. The molecule has 1 heterocycles. The molecular formula is C9H7N3. The van der Waals surface area contributed by atoms with Crippen LogP contribution in [0.5, 0.6) is 0 Å². The Kier molecular flexibility index (Phi) is 1.52. The largest absolute Gasteiger partial charge is 0.377 e. The van der Waals surface area contributed by atoms with E-state index in [2.05, 4.69) is 16.4 Å². The molecule has 1 aromatic carbocycles. The van der Waals surface area contributed by atoms with Gasteiger partial charge in [0.25, 0.3) is 0 Å². The average molecular weight is 157 g/mol. The first-order chi connectivity index (χ1) is 5.92. The molecule has 0 amide bonds. The summed E-state index contributed by atoms with van der Waals surface area (Å²) in [5.41, 5.74) is 2.35. The van der Waals surface area contributed by atoms with Gasteiger partial charge < -0.3 is 5.32 Å². The zero-order valence-corrected chi connectivity index (χ0v) is 6.41. The fourth-order valence-corrected chi connectivity index (χ4v) is 1.22. The molecule has 0 atom stereocenters. The minimum atomic E-state index is 0.657. The van der Waals surface area contributed by atoms with Gasteiger partial charge in [-0.15, -0.1) is 0 Å². The lowest BCUT2D eigenvalue weighted by Gasteiger charge is -2.12. The van der Waals surface area contributed by atoms with Crippen LogP contribution in [0.15, 0.2) is 23.2 Å². The van der Waals surface area contributed by atoms with Crippen molar-refractivity contribution in [1.29, 1.82) is 5.26 Å². The molecule has 1 N–H and O–H groups in total. The van der Waals surface area contributed by atoms with E-state index in [1.54, 1.807) is 12.3 Å². The molecule has 12 heavy (non-hydrogen) atoms. The number of hydrogen-bond donors (Lipinski definition) is 1. The number of rotatable bonds is 0. The molecule has 58 valence electrons. The van der Waals surface area contributed by atoms with Gasteiger partial charge in [0.15, 0.2) is 0 Å². The third-order valence-corrected chi connectivity index (χ3v) is 1.76. The molecule has 1 aliphatic rings. The van der Waals surface area contributed by atoms with Gasteiger partial charge >= 0.3 is 0 Å². The van der Waals surface area contributed by atoms with Crippen LogP contribution in [0.25, 0.3) is 0 Å². The Labute approximate surface area is 70.4 Å². The van der Waals surface area contributed by atoms with Gasteiger partial charge in [0.2, 0.25) is 0 Å². The summed E-state index contributed by atoms with van der Waals surface area (Å²) in [6.45, 7) is 0.700. The van der Waals surface area contributed by atoms with Crippen molar-refractivity contribution in [3.05, 3.63) is 23.8 Å². The Bertz CT molecular complexity index is 374. The van der Waals surface area contributed by atoms with E-state index in [1.807, 2.05) is 12.1 Å². The summed E-state index contributed by atoms with van der Waals surface area (Å²) in [5, 5.41) is 11.9. The smallest absolute Gasteiger partial charge is 0.101 e. The van der Waals surface area contributed by atoms with E-state index < -0.39 is 0 Å². The lowest BCUT2D eigenvalue weighted by atomic mass is 10.1. The molecule has 1 aromatic rings. The number of benzene rings is 1. The van der Waals surface area contributed by atoms with Crippen molar-refractivity contribution < 1.29 is 0 Å². The highest BCUT2D eigenvalue weighted by molar-refractivity contribution is 5.83. The molecule has 0 aliphatic carbocycles. The van der Waals surface area contributed by atoms with Gasteiger partial charge in [-0.2, -0.15) is 5.26 Å². The molecule has 0 spiro atoms. The fraction of sp³-hybridized carbons (Fsp3) is 0.111. The van der Waals surface area contributed by atoms with Crippen molar-refractivity contribution in [2.24, 2.45) is 4.99 Å². The third kappa shape index (κ3) is 0.940. The van der Waals surface area contributed by atoms with Crippen LogP contribution in [0.3, 0.4) is 0 Å². The van der Waals surface area contributed by atoms with Crippen molar-refractivity contribution >= 4 is 17.6 Å². The van der Waals surface area contributed by atoms with Gasteiger partial charge in [0.05, 0.1) is 23.5 Å². The first-order valence-corrected chi connectivity index (χ1v) is 3.71. The molecule has 0 saturated carbocycles. The van der Waals surface area contributed by atoms with Crippen molar-refractivity contribution in [3.8, 4) is 6.07 Å². The summed E-state index contributed by atoms with van der Waals surface area (Å²) in [5.74, 6) is 0. The minimum absolute atomic E-state index is 0.657. The van der Waals surface area contributed by atoms with Gasteiger partial charge in [-0.3, -0.25) is 4.99 Å². The molecule has 0 fully saturated rings. The zero-order chi connectivity index (χ0) is 8.39. The quantitative estimate of drug-likeness (QED) is 0.622. The fourth-order valence-electron chi connectivity index (χ4n) is 1.22. The molecular weight excluding hydrogens is 150 g/mol. The summed E-state index contributed by atoms with van der Waals surface area (Å²) in [7, 11) is 0.